The molecule has 1 atom stereocenters. The fourth-order valence-electron chi connectivity index (χ4n) is 4.55. The summed E-state index contributed by atoms with van der Waals surface area (Å²) in [4.78, 5) is 39.0. The minimum absolute atomic E-state index is 0.0161. The number of anilines is 1. The number of rotatable bonds is 3. The van der Waals surface area contributed by atoms with Gasteiger partial charge >= 0.3 is 0 Å². The Morgan fingerprint density at radius 3 is 2.43 bits per heavy atom. The summed E-state index contributed by atoms with van der Waals surface area (Å²) >= 11 is 0. The van der Waals surface area contributed by atoms with E-state index in [0.29, 0.717) is 24.0 Å². The molecule has 0 N–H and O–H groups in total. The van der Waals surface area contributed by atoms with Gasteiger partial charge in [-0.2, -0.15) is 0 Å². The van der Waals surface area contributed by atoms with Crippen LogP contribution in [0.2, 0.25) is 0 Å². The zero-order chi connectivity index (χ0) is 21.6. The molecule has 0 bridgehead atoms. The van der Waals surface area contributed by atoms with Gasteiger partial charge in [0, 0.05) is 47.8 Å². The van der Waals surface area contributed by atoms with Gasteiger partial charge in [0.2, 0.25) is 5.91 Å². The Bertz CT molecular complexity index is 1080. The van der Waals surface area contributed by atoms with Gasteiger partial charge in [0.1, 0.15) is 0 Å². The number of carbonyl (C=O) groups is 2. The number of amides is 1. The van der Waals surface area contributed by atoms with Crippen molar-refractivity contribution in [2.75, 3.05) is 4.90 Å². The molecule has 1 heterocycles. The van der Waals surface area contributed by atoms with E-state index in [-0.39, 0.29) is 29.2 Å². The van der Waals surface area contributed by atoms with Crippen molar-refractivity contribution in [3.63, 3.8) is 0 Å². The minimum atomic E-state index is -0.460. The highest BCUT2D eigenvalue weighted by molar-refractivity contribution is 6.07. The van der Waals surface area contributed by atoms with Gasteiger partial charge in [-0.05, 0) is 36.5 Å². The molecule has 154 valence electrons. The van der Waals surface area contributed by atoms with Crippen molar-refractivity contribution in [1.29, 1.82) is 0 Å². The molecule has 2 aromatic rings. The quantitative estimate of drug-likeness (QED) is 0.528. The van der Waals surface area contributed by atoms with Crippen LogP contribution in [-0.2, 0) is 9.59 Å². The normalized spacial score (nSPS) is 20.9. The van der Waals surface area contributed by atoms with E-state index < -0.39 is 10.8 Å². The highest BCUT2D eigenvalue weighted by Crippen LogP contribution is 2.48. The number of hydrogen-bond donors (Lipinski definition) is 0. The molecule has 0 saturated carbocycles. The molecule has 0 radical (unpaired) electrons. The van der Waals surface area contributed by atoms with Crippen molar-refractivity contribution in [2.45, 2.75) is 46.0 Å². The van der Waals surface area contributed by atoms with E-state index in [0.717, 1.165) is 16.9 Å². The van der Waals surface area contributed by atoms with Gasteiger partial charge in [-0.3, -0.25) is 24.6 Å². The number of nitro groups is 1. The van der Waals surface area contributed by atoms with E-state index in [9.17, 15) is 19.7 Å². The zero-order valence-electron chi connectivity index (χ0n) is 17.3. The highest BCUT2D eigenvalue weighted by Gasteiger charge is 2.44. The second-order valence-corrected chi connectivity index (χ2v) is 8.97. The van der Waals surface area contributed by atoms with Crippen LogP contribution in [0.4, 0.5) is 11.4 Å². The van der Waals surface area contributed by atoms with Crippen LogP contribution in [0, 0.1) is 22.5 Å². The van der Waals surface area contributed by atoms with E-state index >= 15 is 0 Å². The van der Waals surface area contributed by atoms with Crippen LogP contribution < -0.4 is 4.90 Å². The van der Waals surface area contributed by atoms with Crippen molar-refractivity contribution in [3.8, 4) is 0 Å². The van der Waals surface area contributed by atoms with Crippen molar-refractivity contribution in [1.82, 2.24) is 0 Å². The maximum atomic E-state index is 13.3. The van der Waals surface area contributed by atoms with Crippen molar-refractivity contribution < 1.29 is 14.5 Å². The fourth-order valence-corrected chi connectivity index (χ4v) is 4.55. The van der Waals surface area contributed by atoms with Gasteiger partial charge in [0.15, 0.2) is 5.78 Å². The SMILES string of the molecule is Cc1ccc(N2C(=O)C[C@H](c3cccc([N+](=O)[O-])c3)C3=C2CC(C)(C)CC3=O)cc1. The van der Waals surface area contributed by atoms with Crippen LogP contribution in [0.3, 0.4) is 0 Å². The number of nitro benzene ring substituents is 1. The van der Waals surface area contributed by atoms with Gasteiger partial charge in [-0.25, -0.2) is 0 Å². The number of nitrogens with zero attached hydrogens (tertiary/aromatic N) is 2. The summed E-state index contributed by atoms with van der Waals surface area (Å²) in [6.45, 7) is 6.05. The zero-order valence-corrected chi connectivity index (χ0v) is 17.3. The summed E-state index contributed by atoms with van der Waals surface area (Å²) in [5.41, 5.74) is 3.54. The molecule has 1 aliphatic heterocycles. The predicted molar refractivity (Wildman–Crippen MR) is 114 cm³/mol. The number of Topliss-reactive ketones (excluding diaryl/α,β-unsaturated/α-hetero) is 1. The summed E-state index contributed by atoms with van der Waals surface area (Å²) < 4.78 is 0. The van der Waals surface area contributed by atoms with Crippen LogP contribution in [0.25, 0.3) is 0 Å². The molecule has 2 aliphatic rings. The number of allylic oxidation sites excluding steroid dienone is 2. The molecule has 30 heavy (non-hydrogen) atoms. The second kappa shape index (κ2) is 7.20. The molecule has 0 saturated heterocycles. The molecular weight excluding hydrogens is 380 g/mol. The first-order valence-corrected chi connectivity index (χ1v) is 10.1. The molecule has 1 amide bonds. The Balaban J connectivity index is 1.89. The van der Waals surface area contributed by atoms with E-state index in [1.807, 2.05) is 45.0 Å². The van der Waals surface area contributed by atoms with Crippen molar-refractivity contribution in [2.24, 2.45) is 5.41 Å². The monoisotopic (exact) mass is 404 g/mol. The predicted octanol–water partition coefficient (Wildman–Crippen LogP) is 5.07. The average molecular weight is 404 g/mol. The molecule has 2 aromatic carbocycles. The van der Waals surface area contributed by atoms with E-state index in [1.54, 1.807) is 17.0 Å². The number of ketones is 1. The number of aryl methyl sites for hydroxylation is 1. The van der Waals surface area contributed by atoms with Crippen LogP contribution in [0.1, 0.15) is 50.2 Å². The first kappa shape index (κ1) is 20.0. The van der Waals surface area contributed by atoms with Gasteiger partial charge in [-0.15, -0.1) is 0 Å². The van der Waals surface area contributed by atoms with E-state index in [1.165, 1.54) is 12.1 Å². The van der Waals surface area contributed by atoms with Crippen molar-refractivity contribution in [3.05, 3.63) is 81.0 Å². The molecule has 6 heteroatoms. The Morgan fingerprint density at radius 2 is 1.77 bits per heavy atom. The van der Waals surface area contributed by atoms with Gasteiger partial charge in [-0.1, -0.05) is 43.7 Å². The van der Waals surface area contributed by atoms with E-state index in [2.05, 4.69) is 0 Å². The number of non-ortho nitro benzene ring substituents is 1. The molecule has 1 aliphatic carbocycles. The molecule has 0 unspecified atom stereocenters. The van der Waals surface area contributed by atoms with Crippen molar-refractivity contribution >= 4 is 23.1 Å². The third-order valence-electron chi connectivity index (χ3n) is 5.92. The third kappa shape index (κ3) is 3.54. The third-order valence-corrected chi connectivity index (χ3v) is 5.92. The first-order chi connectivity index (χ1) is 14.2. The maximum Gasteiger partial charge on any atom is 0.269 e. The van der Waals surface area contributed by atoms with E-state index in [4.69, 9.17) is 0 Å². The largest absolute Gasteiger partial charge is 0.294 e. The lowest BCUT2D eigenvalue weighted by molar-refractivity contribution is -0.384. The molecule has 4 rings (SSSR count). The van der Waals surface area contributed by atoms with Crippen LogP contribution in [-0.4, -0.2) is 16.6 Å². The Kier molecular flexibility index (Phi) is 4.80. The maximum absolute atomic E-state index is 13.3. The van der Waals surface area contributed by atoms with Crippen LogP contribution >= 0.6 is 0 Å². The topological polar surface area (TPSA) is 80.5 Å². The summed E-state index contributed by atoms with van der Waals surface area (Å²) in [6, 6.07) is 14.0. The number of hydrogen-bond acceptors (Lipinski definition) is 4. The molecule has 0 spiro atoms. The Hall–Kier alpha value is -3.28. The summed E-state index contributed by atoms with van der Waals surface area (Å²) in [5.74, 6) is -0.542. The first-order valence-electron chi connectivity index (χ1n) is 10.1. The van der Waals surface area contributed by atoms with Gasteiger partial charge in [0.25, 0.3) is 5.69 Å². The average Bonchev–Trinajstić information content (AvgIpc) is 2.67. The summed E-state index contributed by atoms with van der Waals surface area (Å²) in [5, 5.41) is 11.2. The lowest BCUT2D eigenvalue weighted by Crippen LogP contribution is -2.43. The minimum Gasteiger partial charge on any atom is -0.294 e. The van der Waals surface area contributed by atoms with Gasteiger partial charge in [0.05, 0.1) is 4.92 Å². The molecule has 0 aromatic heterocycles. The summed E-state index contributed by atoms with van der Waals surface area (Å²) in [6.07, 6.45) is 1.10. The lowest BCUT2D eigenvalue weighted by Gasteiger charge is -2.43. The smallest absolute Gasteiger partial charge is 0.269 e. The Morgan fingerprint density at radius 1 is 1.07 bits per heavy atom. The lowest BCUT2D eigenvalue weighted by atomic mass is 9.69. The summed E-state index contributed by atoms with van der Waals surface area (Å²) in [7, 11) is 0. The second-order valence-electron chi connectivity index (χ2n) is 8.97. The number of benzene rings is 2. The molecule has 0 fully saturated rings. The standard InChI is InChI=1S/C24H24N2O4/c1-15-7-9-17(10-8-15)25-20-13-24(2,3)14-21(27)23(20)19(12-22(25)28)16-5-4-6-18(11-16)26(29)30/h4-11,19H,12-14H2,1-3H3/t19-/m1/s1. The van der Waals surface area contributed by atoms with Crippen LogP contribution in [0.15, 0.2) is 59.8 Å². The molecular formula is C24H24N2O4. The van der Waals surface area contributed by atoms with Crippen LogP contribution in [0.5, 0.6) is 0 Å². The van der Waals surface area contributed by atoms with Gasteiger partial charge < -0.3 is 0 Å². The Labute approximate surface area is 175 Å². The highest BCUT2D eigenvalue weighted by atomic mass is 16.6. The number of carbonyl (C=O) groups excluding carboxylic acids is 2. The fraction of sp³-hybridized carbons (Fsp3) is 0.333. The molecule has 6 nitrogen and oxygen atoms in total.